The van der Waals surface area contributed by atoms with Gasteiger partial charge in [0.05, 0.1) is 5.02 Å². The Bertz CT molecular complexity index is 378. The van der Waals surface area contributed by atoms with Crippen LogP contribution in [0.1, 0.15) is 11.6 Å². The topological polar surface area (TPSA) is 26.0 Å². The second-order valence-corrected chi connectivity index (χ2v) is 3.65. The molecule has 0 bridgehead atoms. The highest BCUT2D eigenvalue weighted by Crippen LogP contribution is 2.35. The molecule has 0 fully saturated rings. The van der Waals surface area contributed by atoms with Gasteiger partial charge in [-0.25, -0.2) is 4.39 Å². The van der Waals surface area contributed by atoms with Crippen molar-refractivity contribution < 1.29 is 17.6 Å². The molecule has 0 heterocycles. The third-order valence-electron chi connectivity index (χ3n) is 1.71. The highest BCUT2D eigenvalue weighted by Gasteiger charge is 2.39. The number of alkyl halides is 3. The van der Waals surface area contributed by atoms with Gasteiger partial charge in [0.15, 0.2) is 0 Å². The number of halogens is 6. The molecule has 1 nitrogen and oxygen atoms in total. The summed E-state index contributed by atoms with van der Waals surface area (Å²) in [6, 6.07) is -0.625. The summed E-state index contributed by atoms with van der Waals surface area (Å²) in [6.45, 7) is 0. The molecular weight excluding hydrogens is 257 g/mol. The molecule has 1 aromatic carbocycles. The molecular formula is C8H5Cl2F4N. The fourth-order valence-electron chi connectivity index (χ4n) is 0.979. The molecule has 0 amide bonds. The number of nitrogens with two attached hydrogens (primary N) is 1. The molecule has 7 heteroatoms. The molecule has 0 unspecified atom stereocenters. The SMILES string of the molecule is N[C@@H](c1cc(Cl)cc(Cl)c1F)C(F)(F)F. The van der Waals surface area contributed by atoms with Gasteiger partial charge in [-0.15, -0.1) is 0 Å². The van der Waals surface area contributed by atoms with Crippen molar-refractivity contribution in [2.45, 2.75) is 12.2 Å². The average Bonchev–Trinajstić information content (AvgIpc) is 2.08. The first-order valence-electron chi connectivity index (χ1n) is 3.70. The maximum absolute atomic E-state index is 13.2. The number of hydrogen-bond acceptors (Lipinski definition) is 1. The molecule has 0 aliphatic heterocycles. The molecule has 0 radical (unpaired) electrons. The largest absolute Gasteiger partial charge is 0.407 e. The molecule has 84 valence electrons. The van der Waals surface area contributed by atoms with E-state index in [0.29, 0.717) is 0 Å². The third-order valence-corrected chi connectivity index (χ3v) is 2.20. The Balaban J connectivity index is 3.25. The summed E-state index contributed by atoms with van der Waals surface area (Å²) in [5, 5.41) is -0.590. The van der Waals surface area contributed by atoms with Crippen LogP contribution in [-0.4, -0.2) is 6.18 Å². The van der Waals surface area contributed by atoms with E-state index in [1.165, 1.54) is 0 Å². The summed E-state index contributed by atoms with van der Waals surface area (Å²) in [4.78, 5) is 0. The smallest absolute Gasteiger partial charge is 0.316 e. The fourth-order valence-corrected chi connectivity index (χ4v) is 1.49. The van der Waals surface area contributed by atoms with Crippen LogP contribution in [0.3, 0.4) is 0 Å². The van der Waals surface area contributed by atoms with Crippen LogP contribution in [-0.2, 0) is 0 Å². The van der Waals surface area contributed by atoms with Gasteiger partial charge in [0.2, 0.25) is 0 Å². The zero-order valence-corrected chi connectivity index (χ0v) is 8.59. The Morgan fingerprint density at radius 3 is 2.20 bits per heavy atom. The molecule has 1 aromatic rings. The van der Waals surface area contributed by atoms with Crippen molar-refractivity contribution in [3.05, 3.63) is 33.6 Å². The monoisotopic (exact) mass is 261 g/mol. The molecule has 0 aromatic heterocycles. The van der Waals surface area contributed by atoms with Crippen LogP contribution in [0.5, 0.6) is 0 Å². The minimum Gasteiger partial charge on any atom is -0.316 e. The first-order valence-corrected chi connectivity index (χ1v) is 4.46. The van der Waals surface area contributed by atoms with Gasteiger partial charge in [0.1, 0.15) is 11.9 Å². The van der Waals surface area contributed by atoms with Gasteiger partial charge in [-0.05, 0) is 12.1 Å². The van der Waals surface area contributed by atoms with Crippen LogP contribution >= 0.6 is 23.2 Å². The number of hydrogen-bond donors (Lipinski definition) is 1. The zero-order chi connectivity index (χ0) is 11.8. The Kier molecular flexibility index (Phi) is 3.48. The lowest BCUT2D eigenvalue weighted by Crippen LogP contribution is -2.29. The van der Waals surface area contributed by atoms with Gasteiger partial charge < -0.3 is 5.73 Å². The Labute approximate surface area is 92.8 Å². The van der Waals surface area contributed by atoms with Gasteiger partial charge >= 0.3 is 6.18 Å². The van der Waals surface area contributed by atoms with Crippen molar-refractivity contribution in [2.75, 3.05) is 0 Å². The highest BCUT2D eigenvalue weighted by atomic mass is 35.5. The minimum atomic E-state index is -4.74. The van der Waals surface area contributed by atoms with Crippen LogP contribution in [0.4, 0.5) is 17.6 Å². The molecule has 15 heavy (non-hydrogen) atoms. The maximum Gasteiger partial charge on any atom is 0.407 e. The normalized spacial score (nSPS) is 14.1. The molecule has 1 atom stereocenters. The standard InChI is InChI=1S/C8H5Cl2F4N/c9-3-1-4(6(11)5(10)2-3)7(15)8(12,13)14/h1-2,7H,15H2/t7-/m0/s1. The van der Waals surface area contributed by atoms with E-state index in [0.717, 1.165) is 12.1 Å². The minimum absolute atomic E-state index is 0.101. The van der Waals surface area contributed by atoms with Crippen LogP contribution in [0.25, 0.3) is 0 Å². The van der Waals surface area contributed by atoms with Gasteiger partial charge in [-0.1, -0.05) is 23.2 Å². The third kappa shape index (κ3) is 2.74. The summed E-state index contributed by atoms with van der Waals surface area (Å²) >= 11 is 10.8. The van der Waals surface area contributed by atoms with Gasteiger partial charge in [-0.2, -0.15) is 13.2 Å². The predicted octanol–water partition coefficient (Wildman–Crippen LogP) is 3.69. The molecule has 0 aliphatic rings. The first kappa shape index (κ1) is 12.5. The number of rotatable bonds is 1. The maximum atomic E-state index is 13.2. The van der Waals surface area contributed by atoms with Gasteiger partial charge in [-0.3, -0.25) is 0 Å². The predicted molar refractivity (Wildman–Crippen MR) is 49.4 cm³/mol. The Hall–Kier alpha value is -0.520. The molecule has 0 saturated carbocycles. The number of benzene rings is 1. The lowest BCUT2D eigenvalue weighted by Gasteiger charge is -2.17. The second kappa shape index (κ2) is 4.15. The first-order chi connectivity index (χ1) is 6.73. The van der Waals surface area contributed by atoms with Crippen molar-refractivity contribution in [1.29, 1.82) is 0 Å². The highest BCUT2D eigenvalue weighted by molar-refractivity contribution is 6.34. The summed E-state index contributed by atoms with van der Waals surface area (Å²) in [6.07, 6.45) is -4.74. The van der Waals surface area contributed by atoms with E-state index in [2.05, 4.69) is 0 Å². The molecule has 2 N–H and O–H groups in total. The van der Waals surface area contributed by atoms with Crippen molar-refractivity contribution in [2.24, 2.45) is 5.73 Å². The van der Waals surface area contributed by atoms with E-state index >= 15 is 0 Å². The van der Waals surface area contributed by atoms with Crippen molar-refractivity contribution in [3.63, 3.8) is 0 Å². The van der Waals surface area contributed by atoms with E-state index in [1.54, 1.807) is 0 Å². The molecule has 0 saturated heterocycles. The molecule has 1 rings (SSSR count). The Morgan fingerprint density at radius 2 is 1.73 bits per heavy atom. The summed E-state index contributed by atoms with van der Waals surface area (Å²) < 4.78 is 49.8. The van der Waals surface area contributed by atoms with Crippen molar-refractivity contribution in [1.82, 2.24) is 0 Å². The molecule has 0 aliphatic carbocycles. The Morgan fingerprint density at radius 1 is 1.20 bits per heavy atom. The van der Waals surface area contributed by atoms with Crippen LogP contribution in [0, 0.1) is 5.82 Å². The lowest BCUT2D eigenvalue weighted by molar-refractivity contribution is -0.149. The lowest BCUT2D eigenvalue weighted by atomic mass is 10.1. The van der Waals surface area contributed by atoms with Gasteiger partial charge in [0.25, 0.3) is 0 Å². The zero-order valence-electron chi connectivity index (χ0n) is 7.08. The van der Waals surface area contributed by atoms with Crippen molar-refractivity contribution in [3.8, 4) is 0 Å². The van der Waals surface area contributed by atoms with Gasteiger partial charge in [0, 0.05) is 10.6 Å². The van der Waals surface area contributed by atoms with Crippen LogP contribution in [0.15, 0.2) is 12.1 Å². The fraction of sp³-hybridized carbons (Fsp3) is 0.250. The van der Waals surface area contributed by atoms with Crippen molar-refractivity contribution >= 4 is 23.2 Å². The van der Waals surface area contributed by atoms with Crippen LogP contribution < -0.4 is 5.73 Å². The van der Waals surface area contributed by atoms with E-state index in [9.17, 15) is 17.6 Å². The average molecular weight is 262 g/mol. The van der Waals surface area contributed by atoms with E-state index < -0.39 is 28.6 Å². The van der Waals surface area contributed by atoms with Crippen LogP contribution in [0.2, 0.25) is 10.0 Å². The summed E-state index contributed by atoms with van der Waals surface area (Å²) in [7, 11) is 0. The summed E-state index contributed by atoms with van der Waals surface area (Å²) in [5.41, 5.74) is 4.06. The quantitative estimate of drug-likeness (QED) is 0.606. The molecule has 0 spiro atoms. The van der Waals surface area contributed by atoms with E-state index in [1.807, 2.05) is 0 Å². The summed E-state index contributed by atoms with van der Waals surface area (Å²) in [5.74, 6) is -1.20. The van der Waals surface area contributed by atoms with E-state index in [4.69, 9.17) is 28.9 Å². The van der Waals surface area contributed by atoms with E-state index in [-0.39, 0.29) is 5.02 Å². The second-order valence-electron chi connectivity index (χ2n) is 2.81.